The number of nitrogens with zero attached hydrogens (tertiary/aromatic N) is 4. The number of hydrogen-bond acceptors (Lipinski definition) is 9. The lowest BCUT2D eigenvalue weighted by atomic mass is 9.82. The molecule has 1 saturated carbocycles. The van der Waals surface area contributed by atoms with Gasteiger partial charge in [0.05, 0.1) is 5.52 Å². The molecule has 8 nitrogen and oxygen atoms in total. The molecular formula is C37H46N6O2S. The van der Waals surface area contributed by atoms with E-state index in [0.29, 0.717) is 17.8 Å². The average Bonchev–Trinajstić information content (AvgIpc) is 3.08. The summed E-state index contributed by atoms with van der Waals surface area (Å²) in [7, 11) is 6.25. The highest BCUT2D eigenvalue weighted by molar-refractivity contribution is 7.44. The summed E-state index contributed by atoms with van der Waals surface area (Å²) in [6, 6.07) is 31.4. The number of hydrogen-bond donors (Lipinski definition) is 2. The molecule has 4 aromatic carbocycles. The Labute approximate surface area is 278 Å². The molecule has 9 heteroatoms. The molecule has 242 valence electrons. The molecule has 0 saturated heterocycles. The third-order valence-electron chi connectivity index (χ3n) is 8.62. The van der Waals surface area contributed by atoms with Gasteiger partial charge in [0, 0.05) is 62.6 Å². The van der Waals surface area contributed by atoms with Crippen LogP contribution in [0.1, 0.15) is 38.7 Å². The first-order chi connectivity index (χ1) is 22.0. The fourth-order valence-corrected chi connectivity index (χ4v) is 6.22. The molecule has 0 aliphatic heterocycles. The van der Waals surface area contributed by atoms with Gasteiger partial charge in [0.2, 0.25) is 5.95 Å². The van der Waals surface area contributed by atoms with Crippen molar-refractivity contribution in [1.82, 2.24) is 15.4 Å². The third-order valence-corrected chi connectivity index (χ3v) is 8.62. The highest BCUT2D eigenvalue weighted by atomic mass is 32.1. The van der Waals surface area contributed by atoms with Crippen LogP contribution in [0, 0.1) is 11.8 Å². The summed E-state index contributed by atoms with van der Waals surface area (Å²) in [5.74, 6) is 3.76. The van der Waals surface area contributed by atoms with Gasteiger partial charge in [-0.2, -0.15) is 14.7 Å². The maximum Gasteiger partial charge on any atom is 0.225 e. The number of rotatable bonds is 11. The lowest BCUT2D eigenvalue weighted by Crippen LogP contribution is -2.30. The molecule has 1 aliphatic carbocycles. The Kier molecular flexibility index (Phi) is 12.6. The monoisotopic (exact) mass is 638 g/mol. The highest BCUT2D eigenvalue weighted by Crippen LogP contribution is 2.33. The van der Waals surface area contributed by atoms with Gasteiger partial charge in [0.15, 0.2) is 18.3 Å². The molecule has 1 fully saturated rings. The Morgan fingerprint density at radius 1 is 0.739 bits per heavy atom. The predicted molar refractivity (Wildman–Crippen MR) is 194 cm³/mol. The van der Waals surface area contributed by atoms with Crippen LogP contribution in [0.5, 0.6) is 5.75 Å². The minimum atomic E-state index is 0. The van der Waals surface area contributed by atoms with Crippen molar-refractivity contribution in [3.8, 4) is 5.75 Å². The Balaban J connectivity index is 0.00000157. The van der Waals surface area contributed by atoms with E-state index >= 15 is 0 Å². The number of aromatic nitrogens is 2. The van der Waals surface area contributed by atoms with Crippen LogP contribution in [0.3, 0.4) is 0 Å². The van der Waals surface area contributed by atoms with E-state index < -0.39 is 0 Å². The number of nitrogens with one attached hydrogen (secondary N) is 2. The minimum absolute atomic E-state index is 0. The van der Waals surface area contributed by atoms with Gasteiger partial charge < -0.3 is 20.0 Å². The summed E-state index contributed by atoms with van der Waals surface area (Å²) in [5, 5.41) is 6.98. The fourth-order valence-electron chi connectivity index (χ4n) is 6.22. The van der Waals surface area contributed by atoms with E-state index in [9.17, 15) is 0 Å². The molecule has 5 aromatic rings. The van der Waals surface area contributed by atoms with Crippen molar-refractivity contribution in [1.29, 1.82) is 0 Å². The molecule has 0 unspecified atom stereocenters. The van der Waals surface area contributed by atoms with Crippen LogP contribution >= 0.6 is 0 Å². The van der Waals surface area contributed by atoms with E-state index in [4.69, 9.17) is 19.0 Å². The van der Waals surface area contributed by atoms with E-state index in [1.165, 1.54) is 42.3 Å². The summed E-state index contributed by atoms with van der Waals surface area (Å²) >= 11 is 2.83. The fraction of sp³-hybridized carbons (Fsp3) is 0.351. The number of anilines is 3. The van der Waals surface area contributed by atoms with Gasteiger partial charge in [-0.15, -0.1) is 0 Å². The maximum atomic E-state index is 7.83. The van der Waals surface area contributed by atoms with Crippen LogP contribution in [0.25, 0.3) is 21.7 Å². The van der Waals surface area contributed by atoms with Crippen LogP contribution in [-0.2, 0) is 19.1 Å². The van der Waals surface area contributed by atoms with Crippen LogP contribution in [0.2, 0.25) is 0 Å². The van der Waals surface area contributed by atoms with Crippen LogP contribution in [-0.4, -0.2) is 48.4 Å². The summed E-state index contributed by atoms with van der Waals surface area (Å²) in [4.78, 5) is 20.3. The first-order valence-electron chi connectivity index (χ1n) is 15.6. The number of hydroxylamine groups is 1. The summed E-state index contributed by atoms with van der Waals surface area (Å²) in [6.45, 7) is 2.54. The van der Waals surface area contributed by atoms with Gasteiger partial charge in [-0.1, -0.05) is 74.2 Å². The van der Waals surface area contributed by atoms with Gasteiger partial charge in [0.25, 0.3) is 0 Å². The normalized spacial score (nSPS) is 15.7. The summed E-state index contributed by atoms with van der Waals surface area (Å²) in [5.41, 5.74) is 6.70. The predicted octanol–water partition coefficient (Wildman–Crippen LogP) is 7.59. The second-order valence-corrected chi connectivity index (χ2v) is 12.0. The molecule has 2 N–H and O–H groups in total. The van der Waals surface area contributed by atoms with Gasteiger partial charge in [-0.05, 0) is 67.3 Å². The lowest BCUT2D eigenvalue weighted by molar-refractivity contribution is 0.157. The first-order valence-corrected chi connectivity index (χ1v) is 15.9. The zero-order valence-electron chi connectivity index (χ0n) is 26.3. The zero-order chi connectivity index (χ0) is 31.6. The number of para-hydroxylation sites is 1. The minimum Gasteiger partial charge on any atom is -0.408 e. The van der Waals surface area contributed by atoms with Crippen LogP contribution < -0.4 is 25.4 Å². The van der Waals surface area contributed by atoms with Gasteiger partial charge >= 0.3 is 0 Å². The van der Waals surface area contributed by atoms with Crippen molar-refractivity contribution in [2.75, 3.05) is 49.3 Å². The van der Waals surface area contributed by atoms with Crippen molar-refractivity contribution in [3.63, 3.8) is 0 Å². The summed E-state index contributed by atoms with van der Waals surface area (Å²) in [6.07, 6.45) is 4.75. The van der Waals surface area contributed by atoms with Crippen molar-refractivity contribution < 1.29 is 9.05 Å². The highest BCUT2D eigenvalue weighted by Gasteiger charge is 2.22. The maximum absolute atomic E-state index is 7.83. The number of fused-ring (bicyclic) bond motifs is 2. The second kappa shape index (κ2) is 16.8. The van der Waals surface area contributed by atoms with E-state index in [1.807, 2.05) is 12.1 Å². The first kappa shape index (κ1) is 34.5. The molecule has 0 spiro atoms. The van der Waals surface area contributed by atoms with Crippen molar-refractivity contribution in [3.05, 3.63) is 96.6 Å². The molecule has 0 bridgehead atoms. The molecular weight excluding hydrogens is 593 g/mol. The Morgan fingerprint density at radius 3 is 2.11 bits per heavy atom. The van der Waals surface area contributed by atoms with Crippen LogP contribution in [0.15, 0.2) is 91.0 Å². The molecule has 46 heavy (non-hydrogen) atoms. The molecule has 0 amide bonds. The molecule has 0 radical (unpaired) electrons. The average molecular weight is 639 g/mol. The van der Waals surface area contributed by atoms with Crippen LogP contribution in [0.4, 0.5) is 17.5 Å². The number of benzene rings is 4. The smallest absolute Gasteiger partial charge is 0.225 e. The summed E-state index contributed by atoms with van der Waals surface area (Å²) < 4.78 is 7.83. The van der Waals surface area contributed by atoms with Gasteiger partial charge in [-0.3, -0.25) is 0 Å². The lowest BCUT2D eigenvalue weighted by Gasteiger charge is -2.29. The van der Waals surface area contributed by atoms with E-state index in [2.05, 4.69) is 133 Å². The van der Waals surface area contributed by atoms with E-state index in [-0.39, 0.29) is 7.43 Å². The van der Waals surface area contributed by atoms with Crippen molar-refractivity contribution in [2.24, 2.45) is 11.8 Å². The molecule has 0 atom stereocenters. The topological polar surface area (TPSA) is 82.6 Å². The molecule has 1 aliphatic rings. The second-order valence-electron chi connectivity index (χ2n) is 12.0. The van der Waals surface area contributed by atoms with Gasteiger partial charge in [0.1, 0.15) is 5.82 Å². The Hall–Kier alpha value is -4.34. The molecule has 6 rings (SSSR count). The molecule has 1 heterocycles. The quantitative estimate of drug-likeness (QED) is 0.142. The van der Waals surface area contributed by atoms with E-state index in [1.54, 1.807) is 0 Å². The van der Waals surface area contributed by atoms with Gasteiger partial charge in [-0.25, -0.2) is 4.98 Å². The van der Waals surface area contributed by atoms with E-state index in [0.717, 1.165) is 47.5 Å². The van der Waals surface area contributed by atoms with Crippen molar-refractivity contribution in [2.45, 2.75) is 39.7 Å². The molecule has 1 aromatic heterocycles. The standard InChI is InChI=1S/C36H42N6O.CH4.OS/c1-41(2)33-17-9-15-30-29(33)14-10-18-34(30)43-38-24-27-21-19-26(20-22-27)23-37-36-39-32-16-8-7-13-31(32)35(40-36)42(3)25-28-11-5-4-6-12-28;;1-2/h4-18,26-27,38H,19-25H2,1-3H3,(H,37,39,40);1H4;. The van der Waals surface area contributed by atoms with Crippen molar-refractivity contribution >= 4 is 51.7 Å². The largest absolute Gasteiger partial charge is 0.408 e. The SMILES string of the molecule is C.CN(C)c1cccc2c(ONCC3CCC(CNc4nc(N(C)Cc5ccccc5)c5ccccc5n4)CC3)cccc12.O=S. The Bertz CT molecular complexity index is 1680. The zero-order valence-corrected chi connectivity index (χ0v) is 27.1. The Morgan fingerprint density at radius 2 is 1.37 bits per heavy atom. The third kappa shape index (κ3) is 8.47.